The third kappa shape index (κ3) is 0.854. The molecule has 0 N–H and O–H groups in total. The average Bonchev–Trinajstić information content (AvgIpc) is 1.86. The fourth-order valence-electron chi connectivity index (χ4n) is 0.466. The van der Waals surface area contributed by atoms with Gasteiger partial charge in [-0.2, -0.15) is 0 Å². The second-order valence-corrected chi connectivity index (χ2v) is 1.73. The van der Waals surface area contributed by atoms with Crippen LogP contribution in [0, 0.1) is 5.56 Å². The number of hydrogen-bond acceptors (Lipinski definition) is 1. The molecule has 0 aromatic rings. The monoisotopic (exact) mass is 105 g/mol. The van der Waals surface area contributed by atoms with Crippen LogP contribution in [-0.4, -0.2) is 6.61 Å². The zero-order chi connectivity index (χ0) is 4.41. The third-order valence-electron chi connectivity index (χ3n) is 0.776. The van der Waals surface area contributed by atoms with Crippen LogP contribution < -0.4 is 0 Å². The first-order chi connectivity index (χ1) is 2.89. The van der Waals surface area contributed by atoms with E-state index in [-0.39, 0.29) is 0 Å². The minimum absolute atomic E-state index is 0.676. The first-order valence-corrected chi connectivity index (χ1v) is 2.41. The van der Waals surface area contributed by atoms with Crippen molar-refractivity contribution in [3.8, 4) is 0 Å². The molecule has 1 heterocycles. The van der Waals surface area contributed by atoms with Gasteiger partial charge in [-0.25, -0.2) is 0 Å². The quantitative estimate of drug-likeness (QED) is 0.454. The van der Waals surface area contributed by atoms with Crippen molar-refractivity contribution in [2.75, 3.05) is 6.61 Å². The molecule has 2 heteroatoms. The number of hydrogen-bond donors (Lipinski definition) is 0. The van der Waals surface area contributed by atoms with Gasteiger partial charge in [-0.15, -0.1) is 0 Å². The summed E-state index contributed by atoms with van der Waals surface area (Å²) in [6, 6.07) is 0. The number of rotatable bonds is 0. The minimum atomic E-state index is 0.676. The summed E-state index contributed by atoms with van der Waals surface area (Å²) in [4.78, 5) is 0. The molecule has 1 saturated heterocycles. The molecule has 0 aromatic carbocycles. The van der Waals surface area contributed by atoms with Gasteiger partial charge in [0.2, 0.25) is 0 Å². The summed E-state index contributed by atoms with van der Waals surface area (Å²) in [5.41, 5.74) is 0.676. The van der Waals surface area contributed by atoms with Crippen LogP contribution in [0.1, 0.15) is 12.8 Å². The third-order valence-corrected chi connectivity index (χ3v) is 1.07. The van der Waals surface area contributed by atoms with Crippen LogP contribution in [-0.2, 0) is 4.74 Å². The maximum atomic E-state index is 5.41. The highest BCUT2D eigenvalue weighted by Gasteiger charge is 2.11. The summed E-state index contributed by atoms with van der Waals surface area (Å²) in [7, 11) is 0. The highest BCUT2D eigenvalue weighted by molar-refractivity contribution is 6.25. The smallest absolute Gasteiger partial charge is 0.184 e. The molecule has 0 aliphatic carbocycles. The van der Waals surface area contributed by atoms with Crippen LogP contribution in [0.4, 0.5) is 0 Å². The van der Waals surface area contributed by atoms with E-state index in [9.17, 15) is 0 Å². The zero-order valence-electron chi connectivity index (χ0n) is 3.41. The van der Waals surface area contributed by atoms with Crippen LogP contribution in [0.15, 0.2) is 0 Å². The highest BCUT2D eigenvalue weighted by atomic mass is 35.5. The normalized spacial score (nSPS) is 25.5. The van der Waals surface area contributed by atoms with Crippen molar-refractivity contribution in [2.45, 2.75) is 12.8 Å². The van der Waals surface area contributed by atoms with E-state index in [1.165, 1.54) is 0 Å². The highest BCUT2D eigenvalue weighted by Crippen LogP contribution is 2.22. The molecule has 6 heavy (non-hydrogen) atoms. The van der Waals surface area contributed by atoms with Gasteiger partial charge >= 0.3 is 0 Å². The molecule has 0 atom stereocenters. The van der Waals surface area contributed by atoms with E-state index in [2.05, 4.69) is 0 Å². The molecule has 0 amide bonds. The van der Waals surface area contributed by atoms with Crippen molar-refractivity contribution in [2.24, 2.45) is 0 Å². The van der Waals surface area contributed by atoms with Crippen molar-refractivity contribution in [3.63, 3.8) is 0 Å². The molecule has 1 radical (unpaired) electrons. The first kappa shape index (κ1) is 4.41. The minimum Gasteiger partial charge on any atom is -0.355 e. The zero-order valence-corrected chi connectivity index (χ0v) is 4.16. The van der Waals surface area contributed by atoms with E-state index in [1.807, 2.05) is 0 Å². The maximum absolute atomic E-state index is 5.41. The average molecular weight is 106 g/mol. The van der Waals surface area contributed by atoms with Crippen molar-refractivity contribution in [3.05, 3.63) is 5.56 Å². The summed E-state index contributed by atoms with van der Waals surface area (Å²) in [5, 5.41) is 0. The lowest BCUT2D eigenvalue weighted by molar-refractivity contribution is 0.236. The molecule has 0 bridgehead atoms. The Kier molecular flexibility index (Phi) is 1.33. The molecule has 1 rings (SSSR count). The van der Waals surface area contributed by atoms with E-state index >= 15 is 0 Å². The molecular weight excluding hydrogens is 99.5 g/mol. The van der Waals surface area contributed by atoms with Crippen molar-refractivity contribution in [1.29, 1.82) is 0 Å². The second-order valence-electron chi connectivity index (χ2n) is 1.31. The molecule has 1 aliphatic rings. The van der Waals surface area contributed by atoms with Crippen LogP contribution >= 0.6 is 11.6 Å². The molecule has 0 spiro atoms. The molecule has 0 saturated carbocycles. The van der Waals surface area contributed by atoms with Gasteiger partial charge in [0, 0.05) is 6.61 Å². The molecule has 0 aromatic heterocycles. The lowest BCUT2D eigenvalue weighted by atomic mass is 10.4. The largest absolute Gasteiger partial charge is 0.355 e. The van der Waals surface area contributed by atoms with E-state index in [1.54, 1.807) is 0 Å². The van der Waals surface area contributed by atoms with Crippen LogP contribution in [0.25, 0.3) is 0 Å². The summed E-state index contributed by atoms with van der Waals surface area (Å²) in [5.74, 6) is 0. The molecule has 1 nitrogen and oxygen atoms in total. The Hall–Kier alpha value is 0.250. The maximum Gasteiger partial charge on any atom is 0.184 e. The fourth-order valence-corrected chi connectivity index (χ4v) is 0.677. The Morgan fingerprint density at radius 3 is 2.67 bits per heavy atom. The van der Waals surface area contributed by atoms with Gasteiger partial charge in [0.25, 0.3) is 0 Å². The van der Waals surface area contributed by atoms with E-state index in [0.29, 0.717) is 5.56 Å². The predicted molar refractivity (Wildman–Crippen MR) is 24.3 cm³/mol. The van der Waals surface area contributed by atoms with Gasteiger partial charge < -0.3 is 4.74 Å². The Labute approximate surface area is 42.2 Å². The lowest BCUT2D eigenvalue weighted by Gasteiger charge is -1.89. The Bertz CT molecular complexity index is 40.8. The predicted octanol–water partition coefficient (Wildman–Crippen LogP) is 1.53. The number of ether oxygens (including phenoxy) is 1. The van der Waals surface area contributed by atoms with Gasteiger partial charge in [0.1, 0.15) is 0 Å². The van der Waals surface area contributed by atoms with Crippen molar-refractivity contribution in [1.82, 2.24) is 0 Å². The SMILES string of the molecule is Cl[C]1CCCO1. The standard InChI is InChI=1S/C4H6ClO/c5-4-2-1-3-6-4/h1-3H2. The number of halogens is 1. The summed E-state index contributed by atoms with van der Waals surface area (Å²) in [6.07, 6.45) is 2.04. The first-order valence-electron chi connectivity index (χ1n) is 2.04. The Morgan fingerprint density at radius 2 is 2.50 bits per heavy atom. The van der Waals surface area contributed by atoms with E-state index in [0.717, 1.165) is 19.4 Å². The molecule has 1 fully saturated rings. The van der Waals surface area contributed by atoms with Crippen molar-refractivity contribution >= 4 is 11.6 Å². The molecule has 0 unspecified atom stereocenters. The van der Waals surface area contributed by atoms with Gasteiger partial charge in [-0.3, -0.25) is 0 Å². The van der Waals surface area contributed by atoms with Crippen LogP contribution in [0.2, 0.25) is 0 Å². The van der Waals surface area contributed by atoms with E-state index in [4.69, 9.17) is 16.3 Å². The topological polar surface area (TPSA) is 9.23 Å². The molecular formula is C4H6ClO. The Balaban J connectivity index is 2.18. The lowest BCUT2D eigenvalue weighted by Crippen LogP contribution is -1.78. The fraction of sp³-hybridized carbons (Fsp3) is 0.750. The van der Waals surface area contributed by atoms with E-state index < -0.39 is 0 Å². The van der Waals surface area contributed by atoms with Crippen molar-refractivity contribution < 1.29 is 4.74 Å². The Morgan fingerprint density at radius 1 is 1.67 bits per heavy atom. The van der Waals surface area contributed by atoms with Gasteiger partial charge in [0.05, 0.1) is 0 Å². The van der Waals surface area contributed by atoms with Gasteiger partial charge in [0.15, 0.2) is 5.56 Å². The molecule has 1 aliphatic heterocycles. The van der Waals surface area contributed by atoms with Gasteiger partial charge in [-0.1, -0.05) is 11.6 Å². The summed E-state index contributed by atoms with van der Waals surface area (Å²) in [6.45, 7) is 0.818. The second kappa shape index (κ2) is 1.80. The summed E-state index contributed by atoms with van der Waals surface area (Å²) < 4.78 is 4.83. The van der Waals surface area contributed by atoms with Crippen LogP contribution in [0.3, 0.4) is 0 Å². The van der Waals surface area contributed by atoms with Gasteiger partial charge in [-0.05, 0) is 12.8 Å². The summed E-state index contributed by atoms with van der Waals surface area (Å²) >= 11 is 5.41. The molecule has 35 valence electrons. The van der Waals surface area contributed by atoms with Crippen LogP contribution in [0.5, 0.6) is 0 Å².